The topological polar surface area (TPSA) is 49.9 Å². The largest absolute Gasteiger partial charge is 0.381 e. The van der Waals surface area contributed by atoms with Gasteiger partial charge in [0.1, 0.15) is 0 Å². The van der Waals surface area contributed by atoms with Gasteiger partial charge in [0.2, 0.25) is 10.0 Å². The third-order valence-electron chi connectivity index (χ3n) is 4.30. The summed E-state index contributed by atoms with van der Waals surface area (Å²) in [4.78, 5) is 2.40. The van der Waals surface area contributed by atoms with Gasteiger partial charge in [-0.15, -0.1) is 0 Å². The van der Waals surface area contributed by atoms with Gasteiger partial charge in [-0.05, 0) is 51.1 Å². The number of benzene rings is 1. The number of aryl methyl sites for hydroxylation is 1. The summed E-state index contributed by atoms with van der Waals surface area (Å²) in [6, 6.07) is 7.30. The molecule has 1 saturated heterocycles. The molecular formula is C17H28N2O3S. The van der Waals surface area contributed by atoms with E-state index in [0.29, 0.717) is 31.2 Å². The van der Waals surface area contributed by atoms with Gasteiger partial charge in [0, 0.05) is 32.3 Å². The van der Waals surface area contributed by atoms with Crippen LogP contribution in [-0.4, -0.2) is 64.1 Å². The van der Waals surface area contributed by atoms with Gasteiger partial charge < -0.3 is 9.64 Å². The molecule has 5 nitrogen and oxygen atoms in total. The molecular weight excluding hydrogens is 312 g/mol. The van der Waals surface area contributed by atoms with Crippen LogP contribution in [0.3, 0.4) is 0 Å². The van der Waals surface area contributed by atoms with Crippen LogP contribution in [-0.2, 0) is 21.2 Å². The predicted octanol–water partition coefficient (Wildman–Crippen LogP) is 1.98. The van der Waals surface area contributed by atoms with Crippen molar-refractivity contribution in [3.05, 3.63) is 29.8 Å². The molecule has 0 spiro atoms. The quantitative estimate of drug-likeness (QED) is 0.762. The van der Waals surface area contributed by atoms with Crippen LogP contribution in [0.5, 0.6) is 0 Å². The second-order valence-electron chi connectivity index (χ2n) is 6.26. The molecule has 0 bridgehead atoms. The third-order valence-corrected chi connectivity index (χ3v) is 6.27. The first-order chi connectivity index (χ1) is 10.9. The Morgan fingerprint density at radius 3 is 2.22 bits per heavy atom. The summed E-state index contributed by atoms with van der Waals surface area (Å²) in [5, 5.41) is 0. The van der Waals surface area contributed by atoms with Crippen LogP contribution in [0.1, 0.15) is 25.3 Å². The summed E-state index contributed by atoms with van der Waals surface area (Å²) in [5.41, 5.74) is 1.15. The standard InChI is InChI=1S/C17H28N2O3S/c1-4-15-5-7-17(8-6-15)23(20,21)19(12-11-18(2)3)16-9-13-22-14-10-16/h5-8,16H,4,9-14H2,1-3H3. The van der Waals surface area contributed by atoms with Crippen LogP contribution in [0.4, 0.5) is 0 Å². The lowest BCUT2D eigenvalue weighted by molar-refractivity contribution is 0.0573. The fourth-order valence-corrected chi connectivity index (χ4v) is 4.48. The Balaban J connectivity index is 2.26. The van der Waals surface area contributed by atoms with Gasteiger partial charge in [0.15, 0.2) is 0 Å². The van der Waals surface area contributed by atoms with E-state index in [4.69, 9.17) is 4.74 Å². The summed E-state index contributed by atoms with van der Waals surface area (Å²) in [5.74, 6) is 0. The van der Waals surface area contributed by atoms with Crippen molar-refractivity contribution in [1.82, 2.24) is 9.21 Å². The third kappa shape index (κ3) is 4.76. The lowest BCUT2D eigenvalue weighted by Gasteiger charge is -2.34. The fraction of sp³-hybridized carbons (Fsp3) is 0.647. The molecule has 0 aromatic heterocycles. The average Bonchev–Trinajstić information content (AvgIpc) is 2.55. The summed E-state index contributed by atoms with van der Waals surface area (Å²) in [6.45, 7) is 4.55. The maximum Gasteiger partial charge on any atom is 0.243 e. The molecule has 130 valence electrons. The van der Waals surface area contributed by atoms with Crippen molar-refractivity contribution in [3.8, 4) is 0 Å². The van der Waals surface area contributed by atoms with Gasteiger partial charge in [0.25, 0.3) is 0 Å². The number of hydrogen-bond acceptors (Lipinski definition) is 4. The number of likely N-dealkylation sites (N-methyl/N-ethyl adjacent to an activating group) is 1. The van der Waals surface area contributed by atoms with Gasteiger partial charge in [-0.25, -0.2) is 8.42 Å². The minimum atomic E-state index is -3.47. The van der Waals surface area contributed by atoms with Crippen LogP contribution in [0.15, 0.2) is 29.2 Å². The molecule has 0 amide bonds. The van der Waals surface area contributed by atoms with E-state index < -0.39 is 10.0 Å². The first kappa shape index (κ1) is 18.4. The second kappa shape index (κ2) is 8.24. The monoisotopic (exact) mass is 340 g/mol. The molecule has 0 saturated carbocycles. The lowest BCUT2D eigenvalue weighted by Crippen LogP contribution is -2.46. The zero-order valence-electron chi connectivity index (χ0n) is 14.4. The van der Waals surface area contributed by atoms with E-state index in [1.54, 1.807) is 16.4 Å². The van der Waals surface area contributed by atoms with Crippen molar-refractivity contribution in [2.24, 2.45) is 0 Å². The number of rotatable bonds is 7. The molecule has 23 heavy (non-hydrogen) atoms. The zero-order valence-corrected chi connectivity index (χ0v) is 15.2. The number of ether oxygens (including phenoxy) is 1. The second-order valence-corrected chi connectivity index (χ2v) is 8.15. The highest BCUT2D eigenvalue weighted by molar-refractivity contribution is 7.89. The maximum absolute atomic E-state index is 13.1. The minimum absolute atomic E-state index is 0.0274. The summed E-state index contributed by atoms with van der Waals surface area (Å²) in [6.07, 6.45) is 2.43. The smallest absolute Gasteiger partial charge is 0.243 e. The fourth-order valence-electron chi connectivity index (χ4n) is 2.80. The van der Waals surface area contributed by atoms with Crippen molar-refractivity contribution in [3.63, 3.8) is 0 Å². The van der Waals surface area contributed by atoms with Crippen molar-refractivity contribution < 1.29 is 13.2 Å². The average molecular weight is 340 g/mol. The molecule has 1 aromatic carbocycles. The van der Waals surface area contributed by atoms with E-state index in [1.807, 2.05) is 31.1 Å². The number of nitrogens with zero attached hydrogens (tertiary/aromatic N) is 2. The van der Waals surface area contributed by atoms with E-state index in [9.17, 15) is 8.42 Å². The van der Waals surface area contributed by atoms with Crippen molar-refractivity contribution in [1.29, 1.82) is 0 Å². The van der Waals surface area contributed by atoms with E-state index in [1.165, 1.54) is 0 Å². The first-order valence-electron chi connectivity index (χ1n) is 8.28. The molecule has 0 atom stereocenters. The van der Waals surface area contributed by atoms with Gasteiger partial charge in [0.05, 0.1) is 4.90 Å². The Morgan fingerprint density at radius 1 is 1.09 bits per heavy atom. The Labute approximate surface area is 140 Å². The van der Waals surface area contributed by atoms with Crippen LogP contribution < -0.4 is 0 Å². The van der Waals surface area contributed by atoms with Gasteiger partial charge >= 0.3 is 0 Å². The highest BCUT2D eigenvalue weighted by Gasteiger charge is 2.32. The lowest BCUT2D eigenvalue weighted by atomic mass is 10.1. The van der Waals surface area contributed by atoms with Crippen molar-refractivity contribution in [2.75, 3.05) is 40.4 Å². The van der Waals surface area contributed by atoms with Crippen LogP contribution in [0, 0.1) is 0 Å². The van der Waals surface area contributed by atoms with E-state index in [2.05, 4.69) is 6.92 Å². The van der Waals surface area contributed by atoms with Crippen LogP contribution >= 0.6 is 0 Å². The molecule has 1 aromatic rings. The predicted molar refractivity (Wildman–Crippen MR) is 92.1 cm³/mol. The molecule has 2 rings (SSSR count). The molecule has 1 aliphatic heterocycles. The van der Waals surface area contributed by atoms with Crippen molar-refractivity contribution >= 4 is 10.0 Å². The molecule has 0 radical (unpaired) electrons. The molecule has 1 aliphatic rings. The molecule has 0 unspecified atom stereocenters. The Bertz CT molecular complexity index is 578. The first-order valence-corrected chi connectivity index (χ1v) is 9.72. The van der Waals surface area contributed by atoms with Crippen LogP contribution in [0.25, 0.3) is 0 Å². The normalized spacial score (nSPS) is 17.1. The van der Waals surface area contributed by atoms with Gasteiger partial charge in [-0.2, -0.15) is 4.31 Å². The Morgan fingerprint density at radius 2 is 1.70 bits per heavy atom. The Kier molecular flexibility index (Phi) is 6.59. The SMILES string of the molecule is CCc1ccc(S(=O)(=O)N(CCN(C)C)C2CCOCC2)cc1. The van der Waals surface area contributed by atoms with Gasteiger partial charge in [-0.3, -0.25) is 0 Å². The van der Waals surface area contributed by atoms with Crippen LogP contribution in [0.2, 0.25) is 0 Å². The van der Waals surface area contributed by atoms with Gasteiger partial charge in [-0.1, -0.05) is 19.1 Å². The Hall–Kier alpha value is -0.950. The minimum Gasteiger partial charge on any atom is -0.381 e. The summed E-state index contributed by atoms with van der Waals surface area (Å²) in [7, 11) is 0.456. The summed E-state index contributed by atoms with van der Waals surface area (Å²) < 4.78 is 33.3. The highest BCUT2D eigenvalue weighted by Crippen LogP contribution is 2.24. The summed E-state index contributed by atoms with van der Waals surface area (Å²) >= 11 is 0. The molecule has 0 aliphatic carbocycles. The molecule has 1 heterocycles. The van der Waals surface area contributed by atoms with E-state index >= 15 is 0 Å². The number of hydrogen-bond donors (Lipinski definition) is 0. The molecule has 0 N–H and O–H groups in total. The van der Waals surface area contributed by atoms with E-state index in [-0.39, 0.29) is 6.04 Å². The van der Waals surface area contributed by atoms with Crippen molar-refractivity contribution in [2.45, 2.75) is 37.1 Å². The highest BCUT2D eigenvalue weighted by atomic mass is 32.2. The molecule has 1 fully saturated rings. The maximum atomic E-state index is 13.1. The van der Waals surface area contributed by atoms with E-state index in [0.717, 1.165) is 24.8 Å². The molecule has 6 heteroatoms. The number of sulfonamides is 1. The zero-order chi connectivity index (χ0) is 16.9.